The number of carbonyl (C=O) groups excluding carboxylic acids is 2. The molecule has 2 amide bonds. The molecule has 0 unspecified atom stereocenters. The summed E-state index contributed by atoms with van der Waals surface area (Å²) in [5.74, 6) is -1.15. The average Bonchev–Trinajstić information content (AvgIpc) is 2.56. The quantitative estimate of drug-likeness (QED) is 0.841. The van der Waals surface area contributed by atoms with Crippen molar-refractivity contribution in [2.45, 2.75) is 13.5 Å². The number of ether oxygens (including phenoxy) is 1. The topological polar surface area (TPSA) is 80.3 Å². The number of aryl methyl sites for hydroxylation is 1. The van der Waals surface area contributed by atoms with Gasteiger partial charge in [0.25, 0.3) is 0 Å². The zero-order valence-electron chi connectivity index (χ0n) is 12.7. The molecule has 0 saturated carbocycles. The van der Waals surface area contributed by atoms with E-state index in [1.165, 1.54) is 7.11 Å². The number of hydrogen-bond donors (Lipinski definition) is 2. The fourth-order valence-electron chi connectivity index (χ4n) is 1.87. The SMILES string of the molecule is COc1cc(Cl)c(C)cc1NC(=O)C(=O)NCc1cccnc1. The number of amides is 2. The first-order valence-corrected chi connectivity index (χ1v) is 7.21. The summed E-state index contributed by atoms with van der Waals surface area (Å²) in [7, 11) is 1.46. The largest absolute Gasteiger partial charge is 0.495 e. The molecular formula is C16H16ClN3O3. The van der Waals surface area contributed by atoms with E-state index >= 15 is 0 Å². The maximum Gasteiger partial charge on any atom is 0.313 e. The van der Waals surface area contributed by atoms with Crippen LogP contribution in [0.3, 0.4) is 0 Å². The number of rotatable bonds is 4. The number of carbonyl (C=O) groups is 2. The van der Waals surface area contributed by atoms with Gasteiger partial charge in [-0.15, -0.1) is 0 Å². The van der Waals surface area contributed by atoms with E-state index in [1.807, 2.05) is 0 Å². The lowest BCUT2D eigenvalue weighted by atomic mass is 10.2. The van der Waals surface area contributed by atoms with Crippen LogP contribution in [0.15, 0.2) is 36.7 Å². The monoisotopic (exact) mass is 333 g/mol. The van der Waals surface area contributed by atoms with Crippen LogP contribution < -0.4 is 15.4 Å². The molecule has 6 nitrogen and oxygen atoms in total. The summed E-state index contributed by atoms with van der Waals surface area (Å²) in [6.45, 7) is 2.01. The number of nitrogens with one attached hydrogen (secondary N) is 2. The Morgan fingerprint density at radius 2 is 2.09 bits per heavy atom. The second kappa shape index (κ2) is 7.60. The smallest absolute Gasteiger partial charge is 0.313 e. The molecule has 0 aliphatic carbocycles. The first-order valence-electron chi connectivity index (χ1n) is 6.83. The molecule has 1 aromatic carbocycles. The zero-order chi connectivity index (χ0) is 16.8. The molecule has 0 aliphatic heterocycles. The van der Waals surface area contributed by atoms with Crippen molar-refractivity contribution in [2.75, 3.05) is 12.4 Å². The molecule has 2 aromatic rings. The highest BCUT2D eigenvalue weighted by molar-refractivity contribution is 6.40. The molecule has 0 saturated heterocycles. The number of methoxy groups -OCH3 is 1. The minimum absolute atomic E-state index is 0.219. The van der Waals surface area contributed by atoms with E-state index in [0.717, 1.165) is 11.1 Å². The lowest BCUT2D eigenvalue weighted by Gasteiger charge is -2.12. The maximum atomic E-state index is 12.0. The summed E-state index contributed by atoms with van der Waals surface area (Å²) in [5, 5.41) is 5.55. The first-order chi connectivity index (χ1) is 11.0. The summed E-state index contributed by atoms with van der Waals surface area (Å²) in [6.07, 6.45) is 3.25. The highest BCUT2D eigenvalue weighted by Crippen LogP contribution is 2.30. The third-order valence-corrected chi connectivity index (χ3v) is 3.52. The Kier molecular flexibility index (Phi) is 5.54. The summed E-state index contributed by atoms with van der Waals surface area (Å²) in [6, 6.07) is 6.78. The van der Waals surface area contributed by atoms with Crippen molar-refractivity contribution >= 4 is 29.1 Å². The van der Waals surface area contributed by atoms with Gasteiger partial charge in [-0.25, -0.2) is 0 Å². The number of anilines is 1. The third-order valence-electron chi connectivity index (χ3n) is 3.11. The Morgan fingerprint density at radius 3 is 2.74 bits per heavy atom. The molecule has 120 valence electrons. The number of benzene rings is 1. The second-order valence-corrected chi connectivity index (χ2v) is 5.21. The van der Waals surface area contributed by atoms with Crippen molar-refractivity contribution < 1.29 is 14.3 Å². The van der Waals surface area contributed by atoms with E-state index in [1.54, 1.807) is 43.6 Å². The molecule has 0 atom stereocenters. The number of halogens is 1. The Hall–Kier alpha value is -2.60. The van der Waals surface area contributed by atoms with Crippen LogP contribution in [0, 0.1) is 6.92 Å². The number of nitrogens with zero attached hydrogens (tertiary/aromatic N) is 1. The summed E-state index contributed by atoms with van der Waals surface area (Å²) >= 11 is 6.00. The van der Waals surface area contributed by atoms with E-state index < -0.39 is 11.8 Å². The van der Waals surface area contributed by atoms with Crippen molar-refractivity contribution in [1.29, 1.82) is 0 Å². The number of hydrogen-bond acceptors (Lipinski definition) is 4. The van der Waals surface area contributed by atoms with Crippen molar-refractivity contribution in [3.8, 4) is 5.75 Å². The van der Waals surface area contributed by atoms with E-state index in [9.17, 15) is 9.59 Å². The number of aromatic nitrogens is 1. The molecule has 0 radical (unpaired) electrons. The first kappa shape index (κ1) is 16.8. The van der Waals surface area contributed by atoms with Gasteiger partial charge in [0, 0.05) is 30.0 Å². The third kappa shape index (κ3) is 4.43. The van der Waals surface area contributed by atoms with Gasteiger partial charge in [-0.3, -0.25) is 14.6 Å². The van der Waals surface area contributed by atoms with Crippen LogP contribution in [-0.4, -0.2) is 23.9 Å². The normalized spacial score (nSPS) is 10.0. The zero-order valence-corrected chi connectivity index (χ0v) is 13.5. The lowest BCUT2D eigenvalue weighted by Crippen LogP contribution is -2.35. The van der Waals surface area contributed by atoms with Gasteiger partial charge >= 0.3 is 11.8 Å². The van der Waals surface area contributed by atoms with Crippen LogP contribution in [-0.2, 0) is 16.1 Å². The Bertz CT molecular complexity index is 720. The summed E-state index contributed by atoms with van der Waals surface area (Å²) < 4.78 is 5.15. The fraction of sp³-hybridized carbons (Fsp3) is 0.188. The van der Waals surface area contributed by atoms with Crippen molar-refractivity contribution in [3.05, 3.63) is 52.8 Å². The minimum Gasteiger partial charge on any atom is -0.495 e. The van der Waals surface area contributed by atoms with Crippen LogP contribution in [0.4, 0.5) is 5.69 Å². The Labute approximate surface area is 138 Å². The van der Waals surface area contributed by atoms with E-state index in [-0.39, 0.29) is 6.54 Å². The van der Waals surface area contributed by atoms with Gasteiger partial charge in [0.15, 0.2) is 0 Å². The maximum absolute atomic E-state index is 12.0. The fourth-order valence-corrected chi connectivity index (χ4v) is 2.03. The predicted octanol–water partition coefficient (Wildman–Crippen LogP) is 2.31. The number of pyridine rings is 1. The summed E-state index contributed by atoms with van der Waals surface area (Å²) in [5.41, 5.74) is 1.95. The van der Waals surface area contributed by atoms with Crippen LogP contribution in [0.2, 0.25) is 5.02 Å². The van der Waals surface area contributed by atoms with Gasteiger partial charge in [0.05, 0.1) is 12.8 Å². The molecule has 1 aromatic heterocycles. The van der Waals surface area contributed by atoms with Gasteiger partial charge in [-0.2, -0.15) is 0 Å². The Morgan fingerprint density at radius 1 is 1.30 bits per heavy atom. The van der Waals surface area contributed by atoms with Gasteiger partial charge in [-0.05, 0) is 30.2 Å². The molecule has 0 aliphatic rings. The van der Waals surface area contributed by atoms with E-state index in [4.69, 9.17) is 16.3 Å². The molecule has 0 fully saturated rings. The molecule has 0 spiro atoms. The molecule has 2 N–H and O–H groups in total. The summed E-state index contributed by atoms with van der Waals surface area (Å²) in [4.78, 5) is 27.8. The van der Waals surface area contributed by atoms with E-state index in [0.29, 0.717) is 16.5 Å². The van der Waals surface area contributed by atoms with E-state index in [2.05, 4.69) is 15.6 Å². The Balaban J connectivity index is 2.01. The minimum atomic E-state index is -0.783. The van der Waals surface area contributed by atoms with Gasteiger partial charge < -0.3 is 15.4 Å². The van der Waals surface area contributed by atoms with Gasteiger partial charge in [0.1, 0.15) is 5.75 Å². The molecule has 23 heavy (non-hydrogen) atoms. The van der Waals surface area contributed by atoms with Crippen LogP contribution in [0.25, 0.3) is 0 Å². The molecular weight excluding hydrogens is 318 g/mol. The predicted molar refractivity (Wildman–Crippen MR) is 87.5 cm³/mol. The molecule has 2 rings (SSSR count). The van der Waals surface area contributed by atoms with Crippen molar-refractivity contribution in [3.63, 3.8) is 0 Å². The molecule has 7 heteroatoms. The van der Waals surface area contributed by atoms with Crippen molar-refractivity contribution in [2.24, 2.45) is 0 Å². The average molecular weight is 334 g/mol. The van der Waals surface area contributed by atoms with Gasteiger partial charge in [-0.1, -0.05) is 17.7 Å². The lowest BCUT2D eigenvalue weighted by molar-refractivity contribution is -0.136. The van der Waals surface area contributed by atoms with Crippen LogP contribution >= 0.6 is 11.6 Å². The highest BCUT2D eigenvalue weighted by Gasteiger charge is 2.16. The second-order valence-electron chi connectivity index (χ2n) is 4.80. The molecule has 0 bridgehead atoms. The highest BCUT2D eigenvalue weighted by atomic mass is 35.5. The standard InChI is InChI=1S/C16H16ClN3O3/c1-10-6-13(14(23-2)7-12(10)17)20-16(22)15(21)19-9-11-4-3-5-18-8-11/h3-8H,9H2,1-2H3,(H,19,21)(H,20,22). The van der Waals surface area contributed by atoms with Crippen molar-refractivity contribution in [1.82, 2.24) is 10.3 Å². The molecule has 1 heterocycles. The van der Waals surface area contributed by atoms with Crippen LogP contribution in [0.1, 0.15) is 11.1 Å². The van der Waals surface area contributed by atoms with Crippen LogP contribution in [0.5, 0.6) is 5.75 Å². The van der Waals surface area contributed by atoms with Gasteiger partial charge in [0.2, 0.25) is 0 Å².